The van der Waals surface area contributed by atoms with Gasteiger partial charge in [-0.2, -0.15) is 0 Å². The van der Waals surface area contributed by atoms with Gasteiger partial charge in [0.15, 0.2) is 5.82 Å². The molecule has 3 aromatic rings. The molecular formula is C14H13N3S2. The van der Waals surface area contributed by atoms with Gasteiger partial charge in [-0.15, -0.1) is 16.4 Å². The number of nitrogens with one attached hydrogen (secondary N) is 1. The normalized spacial score (nSPS) is 12.5. The summed E-state index contributed by atoms with van der Waals surface area (Å²) >= 11 is 3.33. The average Bonchev–Trinajstić information content (AvgIpc) is 3.10. The van der Waals surface area contributed by atoms with Crippen LogP contribution < -0.4 is 0 Å². The van der Waals surface area contributed by atoms with Crippen LogP contribution in [0.4, 0.5) is 0 Å². The average molecular weight is 287 g/mol. The van der Waals surface area contributed by atoms with Gasteiger partial charge in [0.1, 0.15) is 0 Å². The van der Waals surface area contributed by atoms with E-state index in [0.717, 1.165) is 15.9 Å². The smallest absolute Gasteiger partial charge is 0.209 e. The second-order valence-corrected chi connectivity index (χ2v) is 6.37. The van der Waals surface area contributed by atoms with E-state index in [2.05, 4.69) is 46.4 Å². The van der Waals surface area contributed by atoms with E-state index < -0.39 is 0 Å². The molecule has 0 amide bonds. The van der Waals surface area contributed by atoms with Crippen molar-refractivity contribution in [2.45, 2.75) is 17.3 Å². The third-order valence-electron chi connectivity index (χ3n) is 2.77. The number of aromatic nitrogens is 3. The van der Waals surface area contributed by atoms with Crippen molar-refractivity contribution in [3.05, 3.63) is 53.4 Å². The fourth-order valence-electron chi connectivity index (χ4n) is 1.77. The Kier molecular flexibility index (Phi) is 3.66. The molecule has 0 saturated carbocycles. The molecule has 0 unspecified atom stereocenters. The second-order valence-electron chi connectivity index (χ2n) is 4.11. The van der Waals surface area contributed by atoms with Crippen molar-refractivity contribution in [3.63, 3.8) is 0 Å². The molecule has 0 radical (unpaired) electrons. The maximum Gasteiger partial charge on any atom is 0.209 e. The van der Waals surface area contributed by atoms with E-state index in [0.29, 0.717) is 5.25 Å². The maximum absolute atomic E-state index is 4.52. The number of rotatable bonds is 4. The number of benzene rings is 1. The van der Waals surface area contributed by atoms with Crippen molar-refractivity contribution < 1.29 is 0 Å². The lowest BCUT2D eigenvalue weighted by molar-refractivity contribution is 0.960. The van der Waals surface area contributed by atoms with Crippen LogP contribution in [-0.4, -0.2) is 15.2 Å². The molecule has 0 aliphatic carbocycles. The summed E-state index contributed by atoms with van der Waals surface area (Å²) in [5, 5.41) is 10.4. The SMILES string of the molecule is C[C@H](Sc1n[nH]c(-c2cccs2)n1)c1ccccc1. The largest absolute Gasteiger partial charge is 0.257 e. The fraction of sp³-hybridized carbons (Fsp3) is 0.143. The zero-order chi connectivity index (χ0) is 13.1. The van der Waals surface area contributed by atoms with Gasteiger partial charge in [-0.05, 0) is 23.9 Å². The van der Waals surface area contributed by atoms with Crippen LogP contribution in [0.15, 0.2) is 53.0 Å². The number of hydrogen-bond acceptors (Lipinski definition) is 4. The first-order valence-corrected chi connectivity index (χ1v) is 7.77. The van der Waals surface area contributed by atoms with Crippen molar-refractivity contribution in [1.29, 1.82) is 0 Å². The van der Waals surface area contributed by atoms with Gasteiger partial charge in [-0.25, -0.2) is 4.98 Å². The minimum Gasteiger partial charge on any atom is -0.257 e. The molecule has 1 N–H and O–H groups in total. The highest BCUT2D eigenvalue weighted by Gasteiger charge is 2.12. The molecule has 3 rings (SSSR count). The van der Waals surface area contributed by atoms with Crippen LogP contribution in [0.1, 0.15) is 17.7 Å². The van der Waals surface area contributed by atoms with Gasteiger partial charge in [-0.3, -0.25) is 5.10 Å². The Morgan fingerprint density at radius 2 is 2.00 bits per heavy atom. The van der Waals surface area contributed by atoms with E-state index in [1.54, 1.807) is 23.1 Å². The quantitative estimate of drug-likeness (QED) is 0.724. The van der Waals surface area contributed by atoms with Gasteiger partial charge in [0.25, 0.3) is 0 Å². The van der Waals surface area contributed by atoms with Gasteiger partial charge in [0.05, 0.1) is 4.88 Å². The summed E-state index contributed by atoms with van der Waals surface area (Å²) in [4.78, 5) is 5.64. The van der Waals surface area contributed by atoms with Crippen LogP contribution in [0.2, 0.25) is 0 Å². The first-order chi connectivity index (χ1) is 9.33. The lowest BCUT2D eigenvalue weighted by Crippen LogP contribution is -1.88. The molecule has 1 atom stereocenters. The molecule has 0 fully saturated rings. The fourth-order valence-corrected chi connectivity index (χ4v) is 3.29. The zero-order valence-electron chi connectivity index (χ0n) is 10.4. The van der Waals surface area contributed by atoms with Gasteiger partial charge in [0.2, 0.25) is 5.16 Å². The van der Waals surface area contributed by atoms with Crippen LogP contribution in [0.3, 0.4) is 0 Å². The Labute approximate surface area is 120 Å². The van der Waals surface area contributed by atoms with Crippen molar-refractivity contribution in [2.24, 2.45) is 0 Å². The van der Waals surface area contributed by atoms with Crippen LogP contribution in [0.5, 0.6) is 0 Å². The molecule has 96 valence electrons. The van der Waals surface area contributed by atoms with Gasteiger partial charge in [0, 0.05) is 5.25 Å². The number of aromatic amines is 1. The summed E-state index contributed by atoms with van der Waals surface area (Å²) in [6.07, 6.45) is 0. The zero-order valence-corrected chi connectivity index (χ0v) is 12.0. The highest BCUT2D eigenvalue weighted by atomic mass is 32.2. The molecular weight excluding hydrogens is 274 g/mol. The van der Waals surface area contributed by atoms with Gasteiger partial charge >= 0.3 is 0 Å². The molecule has 2 aromatic heterocycles. The number of H-pyrrole nitrogens is 1. The Morgan fingerprint density at radius 1 is 1.16 bits per heavy atom. The number of hydrogen-bond donors (Lipinski definition) is 1. The Morgan fingerprint density at radius 3 is 2.74 bits per heavy atom. The molecule has 5 heteroatoms. The number of nitrogens with zero attached hydrogens (tertiary/aromatic N) is 2. The third-order valence-corrected chi connectivity index (χ3v) is 4.67. The monoisotopic (exact) mass is 287 g/mol. The summed E-state index contributed by atoms with van der Waals surface area (Å²) in [7, 11) is 0. The van der Waals surface area contributed by atoms with Crippen molar-refractivity contribution in [1.82, 2.24) is 15.2 Å². The molecule has 19 heavy (non-hydrogen) atoms. The Hall–Kier alpha value is -1.59. The van der Waals surface area contributed by atoms with Crippen LogP contribution in [-0.2, 0) is 0 Å². The predicted octanol–water partition coefficient (Wildman–Crippen LogP) is 4.39. The van der Waals surface area contributed by atoms with E-state index in [4.69, 9.17) is 0 Å². The lowest BCUT2D eigenvalue weighted by Gasteiger charge is -2.07. The summed E-state index contributed by atoms with van der Waals surface area (Å²) in [5.74, 6) is 0.845. The molecule has 0 saturated heterocycles. The number of thiophene rings is 1. The highest BCUT2D eigenvalue weighted by Crippen LogP contribution is 2.33. The van der Waals surface area contributed by atoms with Crippen LogP contribution in [0.25, 0.3) is 10.7 Å². The summed E-state index contributed by atoms with van der Waals surface area (Å²) in [6.45, 7) is 2.17. The molecule has 0 aliphatic heterocycles. The lowest BCUT2D eigenvalue weighted by atomic mass is 10.2. The molecule has 1 aromatic carbocycles. The van der Waals surface area contributed by atoms with Crippen LogP contribution >= 0.6 is 23.1 Å². The summed E-state index contributed by atoms with van der Waals surface area (Å²) in [5.41, 5.74) is 1.29. The van der Waals surface area contributed by atoms with E-state index >= 15 is 0 Å². The standard InChI is InChI=1S/C14H13N3S2/c1-10(11-6-3-2-4-7-11)19-14-15-13(16-17-14)12-8-5-9-18-12/h2-10H,1H3,(H,15,16,17)/t10-/m0/s1. The van der Waals surface area contributed by atoms with E-state index in [-0.39, 0.29) is 0 Å². The van der Waals surface area contributed by atoms with E-state index in [9.17, 15) is 0 Å². The van der Waals surface area contributed by atoms with E-state index in [1.165, 1.54) is 5.56 Å². The summed E-state index contributed by atoms with van der Waals surface area (Å²) in [6, 6.07) is 14.5. The first kappa shape index (κ1) is 12.4. The second kappa shape index (κ2) is 5.59. The van der Waals surface area contributed by atoms with Crippen molar-refractivity contribution in [3.8, 4) is 10.7 Å². The summed E-state index contributed by atoms with van der Waals surface area (Å²) < 4.78 is 0. The molecule has 0 spiro atoms. The molecule has 2 heterocycles. The Balaban J connectivity index is 1.74. The van der Waals surface area contributed by atoms with Crippen molar-refractivity contribution >= 4 is 23.1 Å². The topological polar surface area (TPSA) is 41.6 Å². The number of thioether (sulfide) groups is 1. The maximum atomic E-state index is 4.52. The third kappa shape index (κ3) is 2.88. The van der Waals surface area contributed by atoms with E-state index in [1.807, 2.05) is 23.6 Å². The Bertz CT molecular complexity index is 632. The predicted molar refractivity (Wildman–Crippen MR) is 80.4 cm³/mol. The highest BCUT2D eigenvalue weighted by molar-refractivity contribution is 7.99. The minimum atomic E-state index is 0.341. The van der Waals surface area contributed by atoms with Gasteiger partial charge < -0.3 is 0 Å². The molecule has 0 bridgehead atoms. The van der Waals surface area contributed by atoms with Crippen molar-refractivity contribution in [2.75, 3.05) is 0 Å². The molecule has 3 nitrogen and oxygen atoms in total. The van der Waals surface area contributed by atoms with Gasteiger partial charge in [-0.1, -0.05) is 48.2 Å². The van der Waals surface area contributed by atoms with Crippen LogP contribution in [0, 0.1) is 0 Å². The minimum absolute atomic E-state index is 0.341. The molecule has 0 aliphatic rings. The first-order valence-electron chi connectivity index (χ1n) is 6.01.